The van der Waals surface area contributed by atoms with Crippen LogP contribution in [0.1, 0.15) is 50.0 Å². The monoisotopic (exact) mass is 505 g/mol. The van der Waals surface area contributed by atoms with E-state index in [1.165, 1.54) is 5.56 Å². The Morgan fingerprint density at radius 3 is 2.62 bits per heavy atom. The molecule has 34 heavy (non-hydrogen) atoms. The predicted octanol–water partition coefficient (Wildman–Crippen LogP) is 2.51. The molecule has 0 bridgehead atoms. The zero-order chi connectivity index (χ0) is 23.9. The van der Waals surface area contributed by atoms with E-state index in [2.05, 4.69) is 21.0 Å². The van der Waals surface area contributed by atoms with E-state index in [1.54, 1.807) is 6.20 Å². The lowest BCUT2D eigenvalue weighted by molar-refractivity contribution is 0.210. The van der Waals surface area contributed by atoms with E-state index in [1.807, 2.05) is 23.4 Å². The average molecular weight is 506 g/mol. The first-order chi connectivity index (χ1) is 16.2. The number of sulfonamides is 1. The first-order valence-electron chi connectivity index (χ1n) is 11.8. The van der Waals surface area contributed by atoms with Gasteiger partial charge in [-0.1, -0.05) is 0 Å². The topological polar surface area (TPSA) is 139 Å². The van der Waals surface area contributed by atoms with Gasteiger partial charge in [0.05, 0.1) is 22.7 Å². The number of hydrogen-bond donors (Lipinski definition) is 2. The Kier molecular flexibility index (Phi) is 6.38. The summed E-state index contributed by atoms with van der Waals surface area (Å²) in [7, 11) is -6.86. The fourth-order valence-electron chi connectivity index (χ4n) is 5.85. The third-order valence-electron chi connectivity index (χ3n) is 7.38. The number of pyridine rings is 2. The van der Waals surface area contributed by atoms with Crippen LogP contribution in [-0.2, 0) is 19.9 Å². The van der Waals surface area contributed by atoms with Crippen molar-refractivity contribution in [3.05, 3.63) is 36.3 Å². The number of fused-ring (bicyclic) bond motifs is 3. The Bertz CT molecular complexity index is 1400. The molecule has 2 aliphatic rings. The maximum Gasteiger partial charge on any atom is 0.209 e. The van der Waals surface area contributed by atoms with E-state index in [9.17, 15) is 16.8 Å². The number of sulfone groups is 1. The molecule has 0 radical (unpaired) electrons. The van der Waals surface area contributed by atoms with Gasteiger partial charge in [-0.2, -0.15) is 0 Å². The molecule has 1 aliphatic carbocycles. The highest BCUT2D eigenvalue weighted by atomic mass is 32.2. The number of aromatic nitrogens is 3. The average Bonchev–Trinajstić information content (AvgIpc) is 3.27. The van der Waals surface area contributed by atoms with E-state index in [0.717, 1.165) is 47.6 Å². The van der Waals surface area contributed by atoms with Crippen molar-refractivity contribution in [2.45, 2.75) is 49.7 Å². The molecule has 5 rings (SSSR count). The largest absolute Gasteiger partial charge is 0.360 e. The molecule has 1 saturated heterocycles. The number of rotatable bonds is 6. The van der Waals surface area contributed by atoms with Crippen LogP contribution in [0.25, 0.3) is 21.9 Å². The van der Waals surface area contributed by atoms with Gasteiger partial charge in [0.25, 0.3) is 0 Å². The molecular weight excluding hydrogens is 474 g/mol. The number of H-pyrrole nitrogens is 1. The third-order valence-corrected chi connectivity index (χ3v) is 10.5. The fraction of sp³-hybridized carbons (Fsp3) is 0.565. The van der Waals surface area contributed by atoms with Gasteiger partial charge in [0, 0.05) is 29.7 Å². The van der Waals surface area contributed by atoms with Gasteiger partial charge in [-0.15, -0.1) is 0 Å². The third kappa shape index (κ3) is 4.98. The lowest BCUT2D eigenvalue weighted by Crippen LogP contribution is -2.43. The molecular formula is C23H31N5O4S2. The maximum atomic E-state index is 13.2. The molecule has 184 valence electrons. The van der Waals surface area contributed by atoms with E-state index >= 15 is 0 Å². The van der Waals surface area contributed by atoms with Gasteiger partial charge in [-0.25, -0.2) is 31.9 Å². The molecule has 2 fully saturated rings. The molecule has 1 atom stereocenters. The minimum absolute atomic E-state index is 0.00183. The molecule has 3 aromatic heterocycles. The van der Waals surface area contributed by atoms with Gasteiger partial charge in [0.2, 0.25) is 10.0 Å². The highest BCUT2D eigenvalue weighted by molar-refractivity contribution is 7.92. The van der Waals surface area contributed by atoms with Crippen molar-refractivity contribution in [3.63, 3.8) is 0 Å². The molecule has 1 saturated carbocycles. The first-order valence-corrected chi connectivity index (χ1v) is 15.3. The summed E-state index contributed by atoms with van der Waals surface area (Å²) in [5.41, 5.74) is 2.92. The van der Waals surface area contributed by atoms with Crippen molar-refractivity contribution in [2.75, 3.05) is 24.7 Å². The van der Waals surface area contributed by atoms with E-state index in [0.29, 0.717) is 25.9 Å². The molecule has 0 amide bonds. The number of primary sulfonamides is 1. The molecule has 0 aromatic carbocycles. The highest BCUT2D eigenvalue weighted by Gasteiger charge is 2.34. The molecule has 4 heterocycles. The van der Waals surface area contributed by atoms with Gasteiger partial charge < -0.3 is 4.98 Å². The molecule has 11 heteroatoms. The van der Waals surface area contributed by atoms with Crippen molar-refractivity contribution in [1.29, 1.82) is 0 Å². The number of hydrogen-bond acceptors (Lipinski definition) is 7. The van der Waals surface area contributed by atoms with Crippen molar-refractivity contribution in [2.24, 2.45) is 11.1 Å². The molecule has 3 aromatic rings. The Morgan fingerprint density at radius 2 is 1.85 bits per heavy atom. The van der Waals surface area contributed by atoms with Crippen LogP contribution in [-0.4, -0.2) is 66.7 Å². The Labute approximate surface area is 200 Å². The van der Waals surface area contributed by atoms with E-state index < -0.39 is 19.9 Å². The second kappa shape index (κ2) is 9.18. The first kappa shape index (κ1) is 23.7. The summed E-state index contributed by atoms with van der Waals surface area (Å²) in [5, 5.41) is 7.00. The van der Waals surface area contributed by atoms with Gasteiger partial charge in [0.15, 0.2) is 15.5 Å². The van der Waals surface area contributed by atoms with Crippen LogP contribution in [0.15, 0.2) is 30.7 Å². The summed E-state index contributed by atoms with van der Waals surface area (Å²) in [6.45, 7) is 1.15. The summed E-state index contributed by atoms with van der Waals surface area (Å²) < 4.78 is 49.4. The molecule has 1 aliphatic heterocycles. The standard InChI is InChI=1S/C23H31N5O4S2/c24-34(31,32)14-16-2-1-11-28(13-16)15-33(29,30)18-5-3-17(4-6-18)19-7-9-25-21-12-27-23-20(22(19)21)8-10-26-23/h7-10,12,16-18,25H,1-6,11,13-15H2,(H2,24,31,32). The zero-order valence-corrected chi connectivity index (χ0v) is 20.7. The van der Waals surface area contributed by atoms with Crippen molar-refractivity contribution < 1.29 is 16.8 Å². The smallest absolute Gasteiger partial charge is 0.209 e. The van der Waals surface area contributed by atoms with Crippen LogP contribution in [0.4, 0.5) is 0 Å². The van der Waals surface area contributed by atoms with Crippen molar-refractivity contribution in [1.82, 2.24) is 19.9 Å². The minimum Gasteiger partial charge on any atom is -0.360 e. The number of nitrogens with one attached hydrogen (secondary N) is 1. The molecule has 3 N–H and O–H groups in total. The summed E-state index contributed by atoms with van der Waals surface area (Å²) in [4.78, 5) is 13.9. The fourth-order valence-corrected chi connectivity index (χ4v) is 8.72. The summed E-state index contributed by atoms with van der Waals surface area (Å²) in [5.74, 6) is 0.102. The summed E-state index contributed by atoms with van der Waals surface area (Å²) >= 11 is 0. The van der Waals surface area contributed by atoms with E-state index in [-0.39, 0.29) is 28.7 Å². The molecule has 0 spiro atoms. The number of piperidine rings is 1. The molecule has 1 unspecified atom stereocenters. The summed E-state index contributed by atoms with van der Waals surface area (Å²) in [6, 6.07) is 4.09. The maximum absolute atomic E-state index is 13.2. The van der Waals surface area contributed by atoms with Crippen molar-refractivity contribution in [3.8, 4) is 0 Å². The quantitative estimate of drug-likeness (QED) is 0.525. The van der Waals surface area contributed by atoms with Crippen LogP contribution < -0.4 is 5.14 Å². The minimum atomic E-state index is -3.56. The SMILES string of the molecule is NS(=O)(=O)CC1CCCN(CS(=O)(=O)C2CCC(c3cc[nH]c4cnc5nccc5c34)CC2)C1. The number of nitrogens with zero attached hydrogens (tertiary/aromatic N) is 3. The molecule has 9 nitrogen and oxygen atoms in total. The second-order valence-electron chi connectivity index (χ2n) is 9.84. The zero-order valence-electron chi connectivity index (χ0n) is 19.1. The van der Waals surface area contributed by atoms with Gasteiger partial charge in [0.1, 0.15) is 5.88 Å². The lowest BCUT2D eigenvalue weighted by Gasteiger charge is -2.34. The van der Waals surface area contributed by atoms with Crippen LogP contribution in [0.3, 0.4) is 0 Å². The van der Waals surface area contributed by atoms with Gasteiger partial charge in [-0.05, 0) is 74.6 Å². The van der Waals surface area contributed by atoms with Crippen molar-refractivity contribution >= 4 is 41.8 Å². The van der Waals surface area contributed by atoms with Crippen LogP contribution in [0, 0.1) is 5.92 Å². The van der Waals surface area contributed by atoms with Crippen LogP contribution >= 0.6 is 0 Å². The number of likely N-dealkylation sites (tertiary alicyclic amines) is 1. The Hall–Kier alpha value is -2.08. The van der Waals surface area contributed by atoms with Gasteiger partial charge >= 0.3 is 0 Å². The Morgan fingerprint density at radius 1 is 1.06 bits per heavy atom. The normalized spacial score (nSPS) is 25.1. The van der Waals surface area contributed by atoms with Crippen LogP contribution in [0.5, 0.6) is 0 Å². The summed E-state index contributed by atoms with van der Waals surface area (Å²) in [6.07, 6.45) is 9.97. The van der Waals surface area contributed by atoms with E-state index in [4.69, 9.17) is 5.14 Å². The second-order valence-corrected chi connectivity index (χ2v) is 13.8. The number of aromatic amines is 1. The van der Waals surface area contributed by atoms with Gasteiger partial charge in [-0.3, -0.25) is 4.90 Å². The number of nitrogens with two attached hydrogens (primary N) is 1. The predicted molar refractivity (Wildman–Crippen MR) is 132 cm³/mol. The van der Waals surface area contributed by atoms with Crippen LogP contribution in [0.2, 0.25) is 0 Å². The Balaban J connectivity index is 1.27. The highest BCUT2D eigenvalue weighted by Crippen LogP contribution is 2.40. The lowest BCUT2D eigenvalue weighted by atomic mass is 9.82.